The number of nitrogens with one attached hydrogen (secondary N) is 1. The van der Waals surface area contributed by atoms with Gasteiger partial charge in [-0.2, -0.15) is 0 Å². The van der Waals surface area contributed by atoms with Crippen LogP contribution in [0.3, 0.4) is 0 Å². The second-order valence-electron chi connectivity index (χ2n) is 6.31. The first-order chi connectivity index (χ1) is 14.2. The van der Waals surface area contributed by atoms with Crippen LogP contribution in [0.15, 0.2) is 24.3 Å². The SMILES string of the molecule is COC(=O)c1sc(NC(=O)COC(=O)c2cccc(N(C)C)c2)c(C(=O)OC)c1C. The predicted molar refractivity (Wildman–Crippen MR) is 111 cm³/mol. The molecule has 0 radical (unpaired) electrons. The van der Waals surface area contributed by atoms with Gasteiger partial charge in [-0.25, -0.2) is 14.4 Å². The molecular formula is C20H22N2O7S. The van der Waals surface area contributed by atoms with Crippen LogP contribution < -0.4 is 10.2 Å². The number of methoxy groups -OCH3 is 2. The summed E-state index contributed by atoms with van der Waals surface area (Å²) < 4.78 is 14.5. The van der Waals surface area contributed by atoms with Crippen LogP contribution in [0.25, 0.3) is 0 Å². The number of benzene rings is 1. The Morgan fingerprint density at radius 2 is 1.70 bits per heavy atom. The van der Waals surface area contributed by atoms with Gasteiger partial charge in [0.1, 0.15) is 9.88 Å². The number of rotatable bonds is 7. The zero-order chi connectivity index (χ0) is 22.4. The molecule has 0 aliphatic carbocycles. The smallest absolute Gasteiger partial charge is 0.348 e. The normalized spacial score (nSPS) is 10.2. The van der Waals surface area contributed by atoms with Crippen molar-refractivity contribution in [2.24, 2.45) is 0 Å². The van der Waals surface area contributed by atoms with Crippen molar-refractivity contribution in [1.29, 1.82) is 0 Å². The molecule has 0 spiro atoms. The van der Waals surface area contributed by atoms with Gasteiger partial charge < -0.3 is 24.4 Å². The zero-order valence-corrected chi connectivity index (χ0v) is 18.0. The van der Waals surface area contributed by atoms with Crippen molar-refractivity contribution in [1.82, 2.24) is 0 Å². The van der Waals surface area contributed by atoms with Gasteiger partial charge >= 0.3 is 17.9 Å². The Labute approximate surface area is 177 Å². The minimum atomic E-state index is -0.716. The maximum absolute atomic E-state index is 12.3. The summed E-state index contributed by atoms with van der Waals surface area (Å²) in [6, 6.07) is 6.75. The highest BCUT2D eigenvalue weighted by Gasteiger charge is 2.27. The summed E-state index contributed by atoms with van der Waals surface area (Å²) in [5.41, 5.74) is 1.47. The van der Waals surface area contributed by atoms with Crippen molar-refractivity contribution >= 4 is 45.8 Å². The highest BCUT2D eigenvalue weighted by atomic mass is 32.1. The number of nitrogens with zero attached hydrogens (tertiary/aromatic N) is 1. The number of hydrogen-bond donors (Lipinski definition) is 1. The van der Waals surface area contributed by atoms with E-state index in [0.717, 1.165) is 17.0 Å². The van der Waals surface area contributed by atoms with Gasteiger partial charge in [-0.05, 0) is 30.7 Å². The molecule has 0 atom stereocenters. The van der Waals surface area contributed by atoms with E-state index in [1.54, 1.807) is 25.1 Å². The largest absolute Gasteiger partial charge is 0.465 e. The third-order valence-electron chi connectivity index (χ3n) is 4.09. The van der Waals surface area contributed by atoms with E-state index in [1.165, 1.54) is 14.2 Å². The molecule has 0 aliphatic rings. The molecule has 1 aromatic heterocycles. The van der Waals surface area contributed by atoms with Crippen molar-refractivity contribution in [3.8, 4) is 0 Å². The lowest BCUT2D eigenvalue weighted by atomic mass is 10.1. The molecular weight excluding hydrogens is 412 g/mol. The molecule has 2 aromatic rings. The fraction of sp³-hybridized carbons (Fsp3) is 0.300. The van der Waals surface area contributed by atoms with Gasteiger partial charge in [0.05, 0.1) is 25.3 Å². The lowest BCUT2D eigenvalue weighted by Gasteiger charge is -2.13. The molecule has 1 N–H and O–H groups in total. The van der Waals surface area contributed by atoms with Crippen LogP contribution in [0, 0.1) is 6.92 Å². The highest BCUT2D eigenvalue weighted by Crippen LogP contribution is 2.34. The topological polar surface area (TPSA) is 111 Å². The number of anilines is 2. The van der Waals surface area contributed by atoms with Crippen molar-refractivity contribution in [3.63, 3.8) is 0 Å². The summed E-state index contributed by atoms with van der Waals surface area (Å²) in [7, 11) is 6.07. The first kappa shape index (κ1) is 22.9. The average Bonchev–Trinajstić information content (AvgIpc) is 3.06. The fourth-order valence-corrected chi connectivity index (χ4v) is 3.65. The van der Waals surface area contributed by atoms with E-state index in [-0.39, 0.29) is 15.4 Å². The zero-order valence-electron chi connectivity index (χ0n) is 17.2. The first-order valence-electron chi connectivity index (χ1n) is 8.74. The summed E-state index contributed by atoms with van der Waals surface area (Å²) in [5.74, 6) is -2.70. The molecule has 0 bridgehead atoms. The van der Waals surface area contributed by atoms with Gasteiger partial charge in [0.2, 0.25) is 0 Å². The number of ether oxygens (including phenoxy) is 3. The molecule has 9 nitrogen and oxygen atoms in total. The van der Waals surface area contributed by atoms with Crippen molar-refractivity contribution in [2.75, 3.05) is 45.1 Å². The minimum absolute atomic E-state index is 0.0428. The van der Waals surface area contributed by atoms with Crippen LogP contribution in [-0.4, -0.2) is 58.7 Å². The van der Waals surface area contributed by atoms with Crippen LogP contribution >= 0.6 is 11.3 Å². The average molecular weight is 434 g/mol. The van der Waals surface area contributed by atoms with Gasteiger partial charge in [0.25, 0.3) is 5.91 Å². The Bertz CT molecular complexity index is 982. The predicted octanol–water partition coefficient (Wildman–Crippen LogP) is 2.49. The van der Waals surface area contributed by atoms with Gasteiger partial charge in [0, 0.05) is 19.8 Å². The Hall–Kier alpha value is -3.40. The molecule has 0 saturated carbocycles. The number of thiophene rings is 1. The number of esters is 3. The number of amides is 1. The van der Waals surface area contributed by atoms with Gasteiger partial charge in [-0.1, -0.05) is 6.07 Å². The summed E-state index contributed by atoms with van der Waals surface area (Å²) in [6.45, 7) is 0.971. The second kappa shape index (κ2) is 9.88. The Morgan fingerprint density at radius 1 is 1.03 bits per heavy atom. The third kappa shape index (κ3) is 5.15. The maximum Gasteiger partial charge on any atom is 0.348 e. The lowest BCUT2D eigenvalue weighted by Crippen LogP contribution is -2.21. The van der Waals surface area contributed by atoms with Crippen molar-refractivity contribution in [2.45, 2.75) is 6.92 Å². The van der Waals surface area contributed by atoms with E-state index in [4.69, 9.17) is 14.2 Å². The first-order valence-corrected chi connectivity index (χ1v) is 9.55. The summed E-state index contributed by atoms with van der Waals surface area (Å²) in [5, 5.41) is 2.59. The minimum Gasteiger partial charge on any atom is -0.465 e. The molecule has 1 amide bonds. The molecule has 0 unspecified atom stereocenters. The monoisotopic (exact) mass is 434 g/mol. The molecule has 0 fully saturated rings. The molecule has 0 aliphatic heterocycles. The molecule has 2 rings (SSSR count). The Balaban J connectivity index is 2.12. The molecule has 1 heterocycles. The van der Waals surface area contributed by atoms with Crippen LogP contribution in [0.5, 0.6) is 0 Å². The van der Waals surface area contributed by atoms with E-state index >= 15 is 0 Å². The maximum atomic E-state index is 12.3. The Morgan fingerprint density at radius 3 is 2.30 bits per heavy atom. The van der Waals surface area contributed by atoms with Crippen molar-refractivity contribution in [3.05, 3.63) is 45.8 Å². The van der Waals surface area contributed by atoms with Crippen LogP contribution in [0.1, 0.15) is 36.0 Å². The highest BCUT2D eigenvalue weighted by molar-refractivity contribution is 7.18. The van der Waals surface area contributed by atoms with Crippen LogP contribution in [-0.2, 0) is 19.0 Å². The summed E-state index contributed by atoms with van der Waals surface area (Å²) in [6.07, 6.45) is 0. The van der Waals surface area contributed by atoms with Gasteiger partial charge in [0.15, 0.2) is 6.61 Å². The molecule has 30 heavy (non-hydrogen) atoms. The quantitative estimate of drug-likeness (QED) is 0.523. The van der Waals surface area contributed by atoms with Crippen LogP contribution in [0.2, 0.25) is 0 Å². The van der Waals surface area contributed by atoms with E-state index < -0.39 is 30.4 Å². The van der Waals surface area contributed by atoms with Crippen molar-refractivity contribution < 1.29 is 33.4 Å². The van der Waals surface area contributed by atoms with E-state index in [0.29, 0.717) is 11.1 Å². The van der Waals surface area contributed by atoms with Gasteiger partial charge in [-0.15, -0.1) is 11.3 Å². The fourth-order valence-electron chi connectivity index (χ4n) is 2.52. The molecule has 10 heteroatoms. The van der Waals surface area contributed by atoms with Gasteiger partial charge in [-0.3, -0.25) is 4.79 Å². The molecule has 0 saturated heterocycles. The number of carbonyl (C=O) groups is 4. The Kier molecular flexibility index (Phi) is 7.54. The van der Waals surface area contributed by atoms with E-state index in [2.05, 4.69) is 5.32 Å². The second-order valence-corrected chi connectivity index (χ2v) is 7.33. The third-order valence-corrected chi connectivity index (χ3v) is 5.28. The number of hydrogen-bond acceptors (Lipinski definition) is 9. The summed E-state index contributed by atoms with van der Waals surface area (Å²) >= 11 is 0.873. The summed E-state index contributed by atoms with van der Waals surface area (Å²) in [4.78, 5) is 50.5. The molecule has 1 aromatic carbocycles. The van der Waals surface area contributed by atoms with Crippen LogP contribution in [0.4, 0.5) is 10.7 Å². The molecule has 160 valence electrons. The van der Waals surface area contributed by atoms with E-state index in [9.17, 15) is 19.2 Å². The lowest BCUT2D eigenvalue weighted by molar-refractivity contribution is -0.119. The van der Waals surface area contributed by atoms with E-state index in [1.807, 2.05) is 25.1 Å². The number of carbonyl (C=O) groups excluding carboxylic acids is 4. The standard InChI is InChI=1S/C20H22N2O7S/c1-11-15(19(25)27-4)17(30-16(11)20(26)28-5)21-14(23)10-29-18(24)12-7-6-8-13(9-12)22(2)3/h6-9H,10H2,1-5H3,(H,21,23).